The van der Waals surface area contributed by atoms with Gasteiger partial charge in [0.05, 0.1) is 6.42 Å². The second kappa shape index (κ2) is 4.91. The van der Waals surface area contributed by atoms with Gasteiger partial charge in [0.2, 0.25) is 0 Å². The maximum Gasteiger partial charge on any atom is 0.389 e. The Morgan fingerprint density at radius 1 is 1.27 bits per heavy atom. The molecule has 0 atom stereocenters. The van der Waals surface area contributed by atoms with E-state index in [-0.39, 0.29) is 6.42 Å². The van der Waals surface area contributed by atoms with Crippen LogP contribution in [0.25, 0.3) is 0 Å². The van der Waals surface area contributed by atoms with Gasteiger partial charge in [0, 0.05) is 25.2 Å². The molecule has 0 spiro atoms. The van der Waals surface area contributed by atoms with E-state index in [1.54, 1.807) is 12.1 Å². The highest BCUT2D eigenvalue weighted by Gasteiger charge is 2.27. The number of alkyl halides is 3. The van der Waals surface area contributed by atoms with Gasteiger partial charge in [-0.2, -0.15) is 13.2 Å². The second-order valence-corrected chi connectivity index (χ2v) is 3.19. The van der Waals surface area contributed by atoms with E-state index in [2.05, 4.69) is 4.98 Å². The molecular formula is C10H10F3NO. The fourth-order valence-electron chi connectivity index (χ4n) is 1.10. The molecule has 0 aliphatic carbocycles. The van der Waals surface area contributed by atoms with Gasteiger partial charge in [-0.3, -0.25) is 9.78 Å². The molecule has 0 fully saturated rings. The molecule has 0 aliphatic rings. The summed E-state index contributed by atoms with van der Waals surface area (Å²) in [6, 6.07) is 3.23. The summed E-state index contributed by atoms with van der Waals surface area (Å²) in [5.74, 6) is -0.404. The number of rotatable bonds is 4. The number of pyridine rings is 1. The number of carbonyl (C=O) groups excluding carboxylic acids is 1. The van der Waals surface area contributed by atoms with Crippen LogP contribution in [-0.2, 0) is 11.2 Å². The lowest BCUT2D eigenvalue weighted by molar-refractivity contribution is -0.143. The molecule has 0 aromatic carbocycles. The van der Waals surface area contributed by atoms with Gasteiger partial charge in [0.15, 0.2) is 0 Å². The normalized spacial score (nSPS) is 11.4. The summed E-state index contributed by atoms with van der Waals surface area (Å²) in [6.07, 6.45) is -2.70. The van der Waals surface area contributed by atoms with Crippen LogP contribution in [0.4, 0.5) is 13.2 Å². The molecule has 1 aromatic rings. The van der Waals surface area contributed by atoms with Crippen LogP contribution in [0.2, 0.25) is 0 Å². The number of hydrogen-bond acceptors (Lipinski definition) is 2. The molecule has 0 amide bonds. The Morgan fingerprint density at radius 2 is 1.87 bits per heavy atom. The third-order valence-electron chi connectivity index (χ3n) is 1.84. The SMILES string of the molecule is O=C(CCC(F)(F)F)Cc1ccncc1. The van der Waals surface area contributed by atoms with Crippen molar-refractivity contribution in [2.24, 2.45) is 0 Å². The van der Waals surface area contributed by atoms with E-state index in [4.69, 9.17) is 0 Å². The maximum absolute atomic E-state index is 11.8. The molecule has 0 N–H and O–H groups in total. The zero-order valence-electron chi connectivity index (χ0n) is 7.92. The van der Waals surface area contributed by atoms with Crippen molar-refractivity contribution >= 4 is 5.78 Å². The molecular weight excluding hydrogens is 207 g/mol. The fourth-order valence-corrected chi connectivity index (χ4v) is 1.10. The predicted molar refractivity (Wildman–Crippen MR) is 48.2 cm³/mol. The van der Waals surface area contributed by atoms with Gasteiger partial charge in [-0.1, -0.05) is 0 Å². The monoisotopic (exact) mass is 217 g/mol. The minimum atomic E-state index is -4.26. The predicted octanol–water partition coefficient (Wildman–Crippen LogP) is 2.54. The Bertz CT molecular complexity index is 321. The lowest BCUT2D eigenvalue weighted by atomic mass is 10.1. The topological polar surface area (TPSA) is 30.0 Å². The highest BCUT2D eigenvalue weighted by atomic mass is 19.4. The number of halogens is 3. The molecule has 0 radical (unpaired) electrons. The first-order chi connectivity index (χ1) is 6.97. The summed E-state index contributed by atoms with van der Waals surface area (Å²) in [6.45, 7) is 0. The number of Topliss-reactive ketones (excluding diaryl/α,β-unsaturated/α-hetero) is 1. The highest BCUT2D eigenvalue weighted by molar-refractivity contribution is 5.80. The maximum atomic E-state index is 11.8. The molecule has 0 unspecified atom stereocenters. The van der Waals surface area contributed by atoms with Crippen molar-refractivity contribution in [3.8, 4) is 0 Å². The zero-order valence-corrected chi connectivity index (χ0v) is 7.92. The summed E-state index contributed by atoms with van der Waals surface area (Å²) in [4.78, 5) is 14.9. The zero-order chi connectivity index (χ0) is 11.3. The van der Waals surface area contributed by atoms with Crippen LogP contribution >= 0.6 is 0 Å². The fraction of sp³-hybridized carbons (Fsp3) is 0.400. The Balaban J connectivity index is 2.38. The van der Waals surface area contributed by atoms with E-state index in [1.165, 1.54) is 12.4 Å². The van der Waals surface area contributed by atoms with E-state index < -0.39 is 24.8 Å². The lowest BCUT2D eigenvalue weighted by Crippen LogP contribution is -2.12. The van der Waals surface area contributed by atoms with E-state index in [1.807, 2.05) is 0 Å². The smallest absolute Gasteiger partial charge is 0.299 e. The third-order valence-corrected chi connectivity index (χ3v) is 1.84. The van der Waals surface area contributed by atoms with Crippen LogP contribution in [-0.4, -0.2) is 16.9 Å². The first-order valence-corrected chi connectivity index (χ1v) is 4.45. The van der Waals surface area contributed by atoms with Gasteiger partial charge in [-0.15, -0.1) is 0 Å². The standard InChI is InChI=1S/C10H10F3NO/c11-10(12,13)4-1-9(15)7-8-2-5-14-6-3-8/h2-3,5-6H,1,4,7H2. The molecule has 5 heteroatoms. The van der Waals surface area contributed by atoms with Gasteiger partial charge < -0.3 is 0 Å². The van der Waals surface area contributed by atoms with Crippen LogP contribution in [0.5, 0.6) is 0 Å². The molecule has 0 aliphatic heterocycles. The first-order valence-electron chi connectivity index (χ1n) is 4.45. The number of nitrogens with zero attached hydrogens (tertiary/aromatic N) is 1. The number of hydrogen-bond donors (Lipinski definition) is 0. The molecule has 15 heavy (non-hydrogen) atoms. The van der Waals surface area contributed by atoms with Gasteiger partial charge in [-0.05, 0) is 17.7 Å². The van der Waals surface area contributed by atoms with E-state index >= 15 is 0 Å². The number of ketones is 1. The molecule has 82 valence electrons. The summed E-state index contributed by atoms with van der Waals surface area (Å²) in [5, 5.41) is 0. The van der Waals surface area contributed by atoms with Crippen LogP contribution in [0, 0.1) is 0 Å². The molecule has 1 aromatic heterocycles. The molecule has 0 saturated heterocycles. The van der Waals surface area contributed by atoms with Gasteiger partial charge in [-0.25, -0.2) is 0 Å². The minimum Gasteiger partial charge on any atom is -0.299 e. The average Bonchev–Trinajstić information content (AvgIpc) is 2.15. The van der Waals surface area contributed by atoms with Gasteiger partial charge >= 0.3 is 6.18 Å². The highest BCUT2D eigenvalue weighted by Crippen LogP contribution is 2.21. The molecule has 2 nitrogen and oxygen atoms in total. The second-order valence-electron chi connectivity index (χ2n) is 3.19. The van der Waals surface area contributed by atoms with Crippen molar-refractivity contribution in [3.05, 3.63) is 30.1 Å². The summed E-state index contributed by atoms with van der Waals surface area (Å²) in [5.41, 5.74) is 0.692. The van der Waals surface area contributed by atoms with E-state index in [9.17, 15) is 18.0 Å². The molecule has 1 rings (SSSR count). The summed E-state index contributed by atoms with van der Waals surface area (Å²) < 4.78 is 35.4. The molecule has 1 heterocycles. The Labute approximate surface area is 85.1 Å². The Morgan fingerprint density at radius 3 is 2.40 bits per heavy atom. The minimum absolute atomic E-state index is 0.0403. The largest absolute Gasteiger partial charge is 0.389 e. The van der Waals surface area contributed by atoms with Crippen molar-refractivity contribution in [2.45, 2.75) is 25.4 Å². The Kier molecular flexibility index (Phi) is 3.82. The molecule has 0 bridgehead atoms. The van der Waals surface area contributed by atoms with E-state index in [0.29, 0.717) is 5.56 Å². The summed E-state index contributed by atoms with van der Waals surface area (Å²) >= 11 is 0. The molecule has 0 saturated carbocycles. The van der Waals surface area contributed by atoms with Crippen LogP contribution in [0.3, 0.4) is 0 Å². The van der Waals surface area contributed by atoms with Crippen LogP contribution < -0.4 is 0 Å². The van der Waals surface area contributed by atoms with Crippen molar-refractivity contribution < 1.29 is 18.0 Å². The van der Waals surface area contributed by atoms with Crippen molar-refractivity contribution in [1.82, 2.24) is 4.98 Å². The van der Waals surface area contributed by atoms with Crippen LogP contribution in [0.1, 0.15) is 18.4 Å². The van der Waals surface area contributed by atoms with Crippen LogP contribution in [0.15, 0.2) is 24.5 Å². The number of carbonyl (C=O) groups is 1. The van der Waals surface area contributed by atoms with Gasteiger partial charge in [0.1, 0.15) is 5.78 Å². The van der Waals surface area contributed by atoms with Gasteiger partial charge in [0.25, 0.3) is 0 Å². The van der Waals surface area contributed by atoms with Crippen molar-refractivity contribution in [2.75, 3.05) is 0 Å². The quantitative estimate of drug-likeness (QED) is 0.775. The third kappa shape index (κ3) is 5.15. The number of aromatic nitrogens is 1. The van der Waals surface area contributed by atoms with E-state index in [0.717, 1.165) is 0 Å². The van der Waals surface area contributed by atoms with Crippen molar-refractivity contribution in [3.63, 3.8) is 0 Å². The summed E-state index contributed by atoms with van der Waals surface area (Å²) in [7, 11) is 0. The Hall–Kier alpha value is -1.39. The first kappa shape index (κ1) is 11.7. The lowest BCUT2D eigenvalue weighted by Gasteiger charge is -2.04. The average molecular weight is 217 g/mol. The van der Waals surface area contributed by atoms with Crippen molar-refractivity contribution in [1.29, 1.82) is 0 Å².